The van der Waals surface area contributed by atoms with Crippen molar-refractivity contribution >= 4 is 11.8 Å². The summed E-state index contributed by atoms with van der Waals surface area (Å²) in [4.78, 5) is 27.4. The monoisotopic (exact) mass is 352 g/mol. The van der Waals surface area contributed by atoms with Crippen molar-refractivity contribution in [1.29, 1.82) is 0 Å². The number of aromatic nitrogens is 2. The molecule has 2 amide bonds. The highest BCUT2D eigenvalue weighted by molar-refractivity contribution is 5.80. The molecule has 2 fully saturated rings. The molecule has 136 valence electrons. The van der Waals surface area contributed by atoms with Gasteiger partial charge in [-0.2, -0.15) is 5.10 Å². The Morgan fingerprint density at radius 3 is 2.85 bits per heavy atom. The van der Waals surface area contributed by atoms with Gasteiger partial charge in [-0.15, -0.1) is 0 Å². The number of benzene rings is 1. The van der Waals surface area contributed by atoms with Crippen LogP contribution in [0.25, 0.3) is 0 Å². The standard InChI is InChI=1S/C20H24N4O2/c1-20-13-16(15-7-3-2-4-8-15)24(17(20)9-5-10-18(25)22-20)19(26)14-23-12-6-11-21-23/h2-4,6-8,11-12,16-17H,5,9-10,13-14H2,1H3,(H,22,25)/t16-,17-,20-/m0/s1. The second kappa shape index (κ2) is 6.59. The molecule has 26 heavy (non-hydrogen) atoms. The van der Waals surface area contributed by atoms with Gasteiger partial charge in [0.1, 0.15) is 6.54 Å². The molecule has 1 N–H and O–H groups in total. The van der Waals surface area contributed by atoms with E-state index in [1.165, 1.54) is 0 Å². The molecule has 0 spiro atoms. The van der Waals surface area contributed by atoms with Crippen molar-refractivity contribution in [2.75, 3.05) is 0 Å². The molecule has 0 aliphatic carbocycles. The lowest BCUT2D eigenvalue weighted by Gasteiger charge is -2.35. The van der Waals surface area contributed by atoms with Gasteiger partial charge >= 0.3 is 0 Å². The summed E-state index contributed by atoms with van der Waals surface area (Å²) < 4.78 is 1.66. The highest BCUT2D eigenvalue weighted by Gasteiger charge is 2.52. The Morgan fingerprint density at radius 1 is 1.31 bits per heavy atom. The van der Waals surface area contributed by atoms with E-state index in [4.69, 9.17) is 0 Å². The van der Waals surface area contributed by atoms with Crippen molar-refractivity contribution in [3.63, 3.8) is 0 Å². The lowest BCUT2D eigenvalue weighted by Crippen LogP contribution is -2.54. The van der Waals surface area contributed by atoms with Crippen LogP contribution >= 0.6 is 0 Å². The summed E-state index contributed by atoms with van der Waals surface area (Å²) in [6, 6.07) is 11.9. The Morgan fingerprint density at radius 2 is 2.12 bits per heavy atom. The Bertz CT molecular complexity index is 789. The Labute approximate surface area is 153 Å². The van der Waals surface area contributed by atoms with E-state index in [1.807, 2.05) is 29.2 Å². The molecule has 0 unspecified atom stereocenters. The molecular formula is C20H24N4O2. The zero-order chi connectivity index (χ0) is 18.1. The maximum Gasteiger partial charge on any atom is 0.245 e. The highest BCUT2D eigenvalue weighted by atomic mass is 16.2. The second-order valence-corrected chi connectivity index (χ2v) is 7.51. The second-order valence-electron chi connectivity index (χ2n) is 7.51. The number of nitrogens with zero attached hydrogens (tertiary/aromatic N) is 3. The first-order valence-corrected chi connectivity index (χ1v) is 9.21. The number of carbonyl (C=O) groups excluding carboxylic acids is 2. The third-order valence-corrected chi connectivity index (χ3v) is 5.66. The van der Waals surface area contributed by atoms with Gasteiger partial charge in [0.15, 0.2) is 0 Å². The molecule has 2 saturated heterocycles. The lowest BCUT2D eigenvalue weighted by molar-refractivity contribution is -0.136. The van der Waals surface area contributed by atoms with E-state index in [9.17, 15) is 9.59 Å². The summed E-state index contributed by atoms with van der Waals surface area (Å²) in [5.41, 5.74) is 0.721. The first-order valence-electron chi connectivity index (χ1n) is 9.21. The maximum atomic E-state index is 13.2. The normalized spacial score (nSPS) is 28.3. The molecule has 6 nitrogen and oxygen atoms in total. The van der Waals surface area contributed by atoms with Gasteiger partial charge in [-0.3, -0.25) is 14.3 Å². The summed E-state index contributed by atoms with van der Waals surface area (Å²) in [7, 11) is 0. The average molecular weight is 352 g/mol. The third-order valence-electron chi connectivity index (χ3n) is 5.66. The van der Waals surface area contributed by atoms with Crippen molar-refractivity contribution in [3.05, 3.63) is 54.4 Å². The van der Waals surface area contributed by atoms with Crippen LogP contribution in [0.3, 0.4) is 0 Å². The summed E-state index contributed by atoms with van der Waals surface area (Å²) >= 11 is 0. The van der Waals surface area contributed by atoms with Gasteiger partial charge in [0.05, 0.1) is 17.6 Å². The predicted octanol–water partition coefficient (Wildman–Crippen LogP) is 2.28. The number of fused-ring (bicyclic) bond motifs is 1. The van der Waals surface area contributed by atoms with Crippen molar-refractivity contribution in [2.45, 2.75) is 56.8 Å². The molecule has 2 aliphatic rings. The Kier molecular flexibility index (Phi) is 4.26. The number of hydrogen-bond donors (Lipinski definition) is 1. The maximum absolute atomic E-state index is 13.2. The van der Waals surface area contributed by atoms with Crippen LogP contribution in [0.2, 0.25) is 0 Å². The number of hydrogen-bond acceptors (Lipinski definition) is 3. The fourth-order valence-electron chi connectivity index (χ4n) is 4.50. The summed E-state index contributed by atoms with van der Waals surface area (Å²) in [6.07, 6.45) is 6.39. The quantitative estimate of drug-likeness (QED) is 0.922. The van der Waals surface area contributed by atoms with Crippen LogP contribution in [0.5, 0.6) is 0 Å². The van der Waals surface area contributed by atoms with Crippen molar-refractivity contribution in [1.82, 2.24) is 20.0 Å². The fourth-order valence-corrected chi connectivity index (χ4v) is 4.50. The van der Waals surface area contributed by atoms with Gasteiger partial charge in [-0.25, -0.2) is 0 Å². The predicted molar refractivity (Wildman–Crippen MR) is 97.1 cm³/mol. The molecule has 3 atom stereocenters. The first-order chi connectivity index (χ1) is 12.6. The van der Waals surface area contributed by atoms with Crippen molar-refractivity contribution in [2.24, 2.45) is 0 Å². The van der Waals surface area contributed by atoms with Crippen molar-refractivity contribution < 1.29 is 9.59 Å². The van der Waals surface area contributed by atoms with E-state index >= 15 is 0 Å². The summed E-state index contributed by atoms with van der Waals surface area (Å²) in [5.74, 6) is 0.135. The van der Waals surface area contributed by atoms with Crippen LogP contribution in [0, 0.1) is 0 Å². The van der Waals surface area contributed by atoms with Gasteiger partial charge < -0.3 is 10.2 Å². The van der Waals surface area contributed by atoms with Crippen LogP contribution in [-0.2, 0) is 16.1 Å². The van der Waals surface area contributed by atoms with Crippen LogP contribution < -0.4 is 5.32 Å². The SMILES string of the molecule is C[C@]12C[C@@H](c3ccccc3)N(C(=O)Cn3cccn3)[C@H]1CCCC(=O)N2. The van der Waals surface area contributed by atoms with E-state index in [0.29, 0.717) is 6.42 Å². The summed E-state index contributed by atoms with van der Waals surface area (Å²) in [6.45, 7) is 2.30. The molecule has 1 aromatic carbocycles. The van der Waals surface area contributed by atoms with Crippen LogP contribution in [0.1, 0.15) is 44.2 Å². The molecular weight excluding hydrogens is 328 g/mol. The smallest absolute Gasteiger partial charge is 0.245 e. The number of rotatable bonds is 3. The van der Waals surface area contributed by atoms with Crippen LogP contribution in [0.4, 0.5) is 0 Å². The minimum Gasteiger partial charge on any atom is -0.349 e. The number of nitrogens with one attached hydrogen (secondary N) is 1. The number of likely N-dealkylation sites (tertiary alicyclic amines) is 1. The zero-order valence-corrected chi connectivity index (χ0v) is 15.0. The molecule has 2 aromatic rings. The highest BCUT2D eigenvalue weighted by Crippen LogP contribution is 2.45. The van der Waals surface area contributed by atoms with Gasteiger partial charge in [0, 0.05) is 18.8 Å². The first kappa shape index (κ1) is 16.8. The van der Waals surface area contributed by atoms with Crippen molar-refractivity contribution in [3.8, 4) is 0 Å². The molecule has 3 heterocycles. The van der Waals surface area contributed by atoms with Crippen LogP contribution in [-0.4, -0.2) is 38.1 Å². The van der Waals surface area contributed by atoms with E-state index < -0.39 is 5.54 Å². The van der Waals surface area contributed by atoms with Gasteiger partial charge in [0.25, 0.3) is 0 Å². The largest absolute Gasteiger partial charge is 0.349 e. The minimum atomic E-state index is -0.395. The molecule has 0 bridgehead atoms. The minimum absolute atomic E-state index is 0.00205. The zero-order valence-electron chi connectivity index (χ0n) is 15.0. The topological polar surface area (TPSA) is 67.2 Å². The van der Waals surface area contributed by atoms with Gasteiger partial charge in [-0.1, -0.05) is 30.3 Å². The third kappa shape index (κ3) is 3.00. The molecule has 1 aromatic heterocycles. The molecule has 4 rings (SSSR count). The van der Waals surface area contributed by atoms with Crippen LogP contribution in [0.15, 0.2) is 48.8 Å². The Balaban J connectivity index is 1.70. The molecule has 0 radical (unpaired) electrons. The molecule has 6 heteroatoms. The Hall–Kier alpha value is -2.63. The van der Waals surface area contributed by atoms with Gasteiger partial charge in [-0.05, 0) is 37.8 Å². The molecule has 2 aliphatic heterocycles. The van der Waals surface area contributed by atoms with E-state index in [1.54, 1.807) is 17.1 Å². The van der Waals surface area contributed by atoms with E-state index in [0.717, 1.165) is 24.8 Å². The number of amides is 2. The fraction of sp³-hybridized carbons (Fsp3) is 0.450. The van der Waals surface area contributed by atoms with Gasteiger partial charge in [0.2, 0.25) is 11.8 Å². The molecule has 0 saturated carbocycles. The summed E-state index contributed by atoms with van der Waals surface area (Å²) in [5, 5.41) is 7.38. The average Bonchev–Trinajstić information content (AvgIpc) is 3.19. The number of carbonyl (C=O) groups is 2. The van der Waals surface area contributed by atoms with E-state index in [-0.39, 0.29) is 30.4 Å². The van der Waals surface area contributed by atoms with E-state index in [2.05, 4.69) is 29.5 Å². The lowest BCUT2D eigenvalue weighted by atomic mass is 9.88.